The highest BCUT2D eigenvalue weighted by Gasteiger charge is 2.00. The average molecular weight is 621 g/mol. The fourth-order valence-electron chi connectivity index (χ4n) is 3.96. The van der Waals surface area contributed by atoms with Crippen LogP contribution in [0.5, 0.6) is 11.5 Å². The van der Waals surface area contributed by atoms with Gasteiger partial charge in [-0.1, -0.05) is 30.9 Å². The maximum Gasteiger partial charge on any atom is 0.330 e. The summed E-state index contributed by atoms with van der Waals surface area (Å²) in [5.74, 6) is 13.5. The van der Waals surface area contributed by atoms with Crippen LogP contribution in [-0.4, -0.2) is 48.3 Å². The molecule has 1 aromatic heterocycles. The minimum atomic E-state index is -0.378. The molecule has 0 spiro atoms. The van der Waals surface area contributed by atoms with Crippen LogP contribution < -0.4 is 9.47 Å². The first-order valence-corrected chi connectivity index (χ1v) is 15.5. The second-order valence-corrected chi connectivity index (χ2v) is 10.1. The largest absolute Gasteiger partial charge is 0.494 e. The molecule has 0 unspecified atom stereocenters. The van der Waals surface area contributed by atoms with Gasteiger partial charge in [0.05, 0.1) is 32.0 Å². The average Bonchev–Trinajstić information content (AvgIpc) is 3.09. The molecule has 3 rings (SSSR count). The Kier molecular flexibility index (Phi) is 16.3. The molecule has 0 aliphatic rings. The molecular formula is C38H40N2O6. The molecular weight excluding hydrogens is 580 g/mol. The third kappa shape index (κ3) is 14.9. The maximum atomic E-state index is 11.0. The van der Waals surface area contributed by atoms with E-state index in [4.69, 9.17) is 18.9 Å². The highest BCUT2D eigenvalue weighted by molar-refractivity contribution is 5.81. The Morgan fingerprint density at radius 3 is 1.37 bits per heavy atom. The molecule has 2 aromatic carbocycles. The fourth-order valence-corrected chi connectivity index (χ4v) is 3.96. The van der Waals surface area contributed by atoms with Crippen molar-refractivity contribution in [2.75, 3.05) is 26.4 Å². The van der Waals surface area contributed by atoms with Gasteiger partial charge in [-0.25, -0.2) is 19.6 Å². The van der Waals surface area contributed by atoms with Crippen molar-refractivity contribution in [3.05, 3.63) is 109 Å². The summed E-state index contributed by atoms with van der Waals surface area (Å²) in [4.78, 5) is 30.6. The van der Waals surface area contributed by atoms with Crippen LogP contribution in [0.2, 0.25) is 0 Å². The van der Waals surface area contributed by atoms with Crippen molar-refractivity contribution in [3.8, 4) is 35.2 Å². The number of carbonyl (C=O) groups excluding carboxylic acids is 2. The van der Waals surface area contributed by atoms with Crippen LogP contribution in [0.15, 0.2) is 86.2 Å². The Balaban J connectivity index is 1.32. The molecule has 0 atom stereocenters. The molecule has 8 heteroatoms. The lowest BCUT2D eigenvalue weighted by Crippen LogP contribution is -2.02. The molecule has 3 aromatic rings. The lowest BCUT2D eigenvalue weighted by molar-refractivity contribution is -0.138. The van der Waals surface area contributed by atoms with Crippen molar-refractivity contribution >= 4 is 11.9 Å². The van der Waals surface area contributed by atoms with Crippen LogP contribution in [0.3, 0.4) is 0 Å². The minimum Gasteiger partial charge on any atom is -0.494 e. The number of hydrogen-bond donors (Lipinski definition) is 0. The number of carbonyl (C=O) groups is 2. The number of ether oxygens (including phenoxy) is 4. The summed E-state index contributed by atoms with van der Waals surface area (Å²) < 4.78 is 21.5. The molecule has 238 valence electrons. The standard InChI is InChI=1S/C38H40N2O6/c1-3-37(41)45-27-11-7-5-9-25-43-34-20-15-31(16-21-34)13-14-33-29-39-36(40-30-33)24-19-32-17-22-35(23-18-32)44-26-10-6-8-12-28-46-38(42)4-2/h3-4,15-18,20-23,29-30H,1-2,5-12,25-28H2. The number of benzene rings is 2. The molecule has 0 aliphatic heterocycles. The summed E-state index contributed by atoms with van der Waals surface area (Å²) >= 11 is 0. The van der Waals surface area contributed by atoms with Gasteiger partial charge in [0.1, 0.15) is 11.5 Å². The van der Waals surface area contributed by atoms with Crippen molar-refractivity contribution in [1.82, 2.24) is 9.97 Å². The molecule has 0 fully saturated rings. The van der Waals surface area contributed by atoms with Crippen LogP contribution in [0, 0.1) is 23.7 Å². The molecule has 0 radical (unpaired) electrons. The number of rotatable bonds is 18. The number of nitrogens with zero attached hydrogens (tertiary/aromatic N) is 2. The van der Waals surface area contributed by atoms with E-state index in [1.165, 1.54) is 12.2 Å². The van der Waals surface area contributed by atoms with Gasteiger partial charge in [0.2, 0.25) is 5.82 Å². The van der Waals surface area contributed by atoms with E-state index in [1.54, 1.807) is 12.4 Å². The summed E-state index contributed by atoms with van der Waals surface area (Å²) in [6.45, 7) is 8.86. The maximum absolute atomic E-state index is 11.0. The van der Waals surface area contributed by atoms with E-state index in [0.717, 1.165) is 74.0 Å². The first-order chi connectivity index (χ1) is 22.6. The van der Waals surface area contributed by atoms with Gasteiger partial charge >= 0.3 is 11.9 Å². The third-order valence-electron chi connectivity index (χ3n) is 6.47. The van der Waals surface area contributed by atoms with Gasteiger partial charge in [0.25, 0.3) is 0 Å². The predicted molar refractivity (Wildman–Crippen MR) is 177 cm³/mol. The minimum absolute atomic E-state index is 0.377. The lowest BCUT2D eigenvalue weighted by atomic mass is 10.2. The van der Waals surface area contributed by atoms with Gasteiger partial charge in [-0.2, -0.15) is 0 Å². The van der Waals surface area contributed by atoms with E-state index in [1.807, 2.05) is 48.5 Å². The number of hydrogen-bond acceptors (Lipinski definition) is 8. The lowest BCUT2D eigenvalue weighted by Gasteiger charge is -2.06. The highest BCUT2D eigenvalue weighted by Crippen LogP contribution is 2.14. The van der Waals surface area contributed by atoms with Crippen molar-refractivity contribution < 1.29 is 28.5 Å². The monoisotopic (exact) mass is 620 g/mol. The van der Waals surface area contributed by atoms with Crippen molar-refractivity contribution in [2.45, 2.75) is 51.4 Å². The van der Waals surface area contributed by atoms with Crippen molar-refractivity contribution in [2.24, 2.45) is 0 Å². The first-order valence-electron chi connectivity index (χ1n) is 15.5. The first kappa shape index (κ1) is 35.1. The molecule has 0 saturated heterocycles. The summed E-state index contributed by atoms with van der Waals surface area (Å²) in [7, 11) is 0. The molecule has 0 amide bonds. The second kappa shape index (κ2) is 21.4. The van der Waals surface area contributed by atoms with E-state index in [9.17, 15) is 9.59 Å². The molecule has 0 aliphatic carbocycles. The number of esters is 2. The van der Waals surface area contributed by atoms with Gasteiger partial charge in [-0.3, -0.25) is 0 Å². The van der Waals surface area contributed by atoms with E-state index < -0.39 is 0 Å². The predicted octanol–water partition coefficient (Wildman–Crippen LogP) is 6.61. The molecule has 0 N–H and O–H groups in total. The van der Waals surface area contributed by atoms with E-state index in [2.05, 4.69) is 46.8 Å². The second-order valence-electron chi connectivity index (χ2n) is 10.1. The zero-order valence-corrected chi connectivity index (χ0v) is 26.2. The summed E-state index contributed by atoms with van der Waals surface area (Å²) in [5, 5.41) is 0. The van der Waals surface area contributed by atoms with Crippen LogP contribution in [0.1, 0.15) is 73.9 Å². The summed E-state index contributed by atoms with van der Waals surface area (Å²) in [6.07, 6.45) is 13.2. The zero-order valence-electron chi connectivity index (χ0n) is 26.2. The van der Waals surface area contributed by atoms with Gasteiger partial charge in [-0.05, 0) is 106 Å². The summed E-state index contributed by atoms with van der Waals surface area (Å²) in [6, 6.07) is 15.3. The Morgan fingerprint density at radius 1 is 0.543 bits per heavy atom. The Hall–Kier alpha value is -5.34. The van der Waals surface area contributed by atoms with Crippen molar-refractivity contribution in [1.29, 1.82) is 0 Å². The molecule has 46 heavy (non-hydrogen) atoms. The molecule has 1 heterocycles. The number of aromatic nitrogens is 2. The highest BCUT2D eigenvalue weighted by atomic mass is 16.5. The van der Waals surface area contributed by atoms with Gasteiger partial charge in [0, 0.05) is 35.7 Å². The van der Waals surface area contributed by atoms with E-state index in [0.29, 0.717) is 37.8 Å². The van der Waals surface area contributed by atoms with Gasteiger partial charge in [-0.15, -0.1) is 0 Å². The molecule has 0 saturated carbocycles. The Bertz CT molecular complexity index is 1390. The normalized spacial score (nSPS) is 9.91. The zero-order chi connectivity index (χ0) is 32.7. The van der Waals surface area contributed by atoms with E-state index in [-0.39, 0.29) is 11.9 Å². The molecule has 0 bridgehead atoms. The Morgan fingerprint density at radius 2 is 0.935 bits per heavy atom. The van der Waals surface area contributed by atoms with Crippen LogP contribution in [0.25, 0.3) is 0 Å². The fraction of sp³-hybridized carbons (Fsp3) is 0.316. The Labute approximate surface area is 271 Å². The quantitative estimate of drug-likeness (QED) is 0.0678. The smallest absolute Gasteiger partial charge is 0.330 e. The van der Waals surface area contributed by atoms with Crippen LogP contribution in [-0.2, 0) is 19.1 Å². The third-order valence-corrected chi connectivity index (χ3v) is 6.47. The number of unbranched alkanes of at least 4 members (excludes halogenated alkanes) is 6. The van der Waals surface area contributed by atoms with Crippen LogP contribution >= 0.6 is 0 Å². The van der Waals surface area contributed by atoms with Gasteiger partial charge < -0.3 is 18.9 Å². The van der Waals surface area contributed by atoms with Gasteiger partial charge in [0.15, 0.2) is 0 Å². The summed E-state index contributed by atoms with van der Waals surface area (Å²) in [5.41, 5.74) is 2.40. The SMILES string of the molecule is C=CC(=O)OCCCCCCOc1ccc(C#Cc2cnc(C#Cc3ccc(OCCCCCCOC(=O)C=C)cc3)nc2)cc1. The molecule has 8 nitrogen and oxygen atoms in total. The van der Waals surface area contributed by atoms with E-state index >= 15 is 0 Å². The van der Waals surface area contributed by atoms with Crippen molar-refractivity contribution in [3.63, 3.8) is 0 Å². The topological polar surface area (TPSA) is 96.8 Å². The van der Waals surface area contributed by atoms with Crippen LogP contribution in [0.4, 0.5) is 0 Å².